The van der Waals surface area contributed by atoms with Gasteiger partial charge in [-0.25, -0.2) is 8.42 Å². The molecule has 0 aliphatic heterocycles. The van der Waals surface area contributed by atoms with E-state index in [4.69, 9.17) is 9.47 Å². The molecule has 2 aromatic carbocycles. The van der Waals surface area contributed by atoms with Crippen LogP contribution in [-0.4, -0.2) is 47.9 Å². The molecule has 2 unspecified atom stereocenters. The van der Waals surface area contributed by atoms with Crippen LogP contribution in [0.1, 0.15) is 30.4 Å². The van der Waals surface area contributed by atoms with Gasteiger partial charge >= 0.3 is 0 Å². The van der Waals surface area contributed by atoms with Crippen molar-refractivity contribution in [3.63, 3.8) is 0 Å². The molecule has 0 saturated heterocycles. The lowest BCUT2D eigenvalue weighted by Gasteiger charge is -2.22. The van der Waals surface area contributed by atoms with E-state index in [0.29, 0.717) is 24.0 Å². The van der Waals surface area contributed by atoms with Crippen molar-refractivity contribution in [2.24, 2.45) is 5.92 Å². The maximum Gasteiger partial charge on any atom is 0.262 e. The molecule has 2 atom stereocenters. The van der Waals surface area contributed by atoms with Crippen LogP contribution < -0.4 is 9.47 Å². The maximum absolute atomic E-state index is 13.7. The highest BCUT2D eigenvalue weighted by Crippen LogP contribution is 2.27. The molecule has 1 aromatic heterocycles. The highest BCUT2D eigenvalue weighted by molar-refractivity contribution is 7.89. The Morgan fingerprint density at radius 2 is 1.50 bits per heavy atom. The molecule has 0 radical (unpaired) electrons. The van der Waals surface area contributed by atoms with Crippen molar-refractivity contribution >= 4 is 10.0 Å². The van der Waals surface area contributed by atoms with Gasteiger partial charge in [0.2, 0.25) is 0 Å². The number of methoxy groups -OCH3 is 2. The Morgan fingerprint density at radius 3 is 1.97 bits per heavy atom. The second-order valence-corrected chi connectivity index (χ2v) is 10.6. The van der Waals surface area contributed by atoms with Crippen molar-refractivity contribution in [3.8, 4) is 11.5 Å². The summed E-state index contributed by atoms with van der Waals surface area (Å²) in [7, 11) is -0.672. The summed E-state index contributed by atoms with van der Waals surface area (Å²) in [4.78, 5) is 0. The van der Waals surface area contributed by atoms with Crippen LogP contribution in [0.3, 0.4) is 0 Å². The third-order valence-corrected chi connectivity index (χ3v) is 7.90. The lowest BCUT2D eigenvalue weighted by Crippen LogP contribution is -2.30. The van der Waals surface area contributed by atoms with E-state index >= 15 is 0 Å². The Bertz CT molecular complexity index is 1130. The van der Waals surface area contributed by atoms with Gasteiger partial charge in [0.05, 0.1) is 20.3 Å². The fraction of sp³-hybridized carbons (Fsp3) is 0.400. The standard InChI is InChI=1S/C25H31N3O5S/c1-32-23-9-4-19(5-10-23)17-28(18-20-6-11-24(33-2)12-7-20)34(30,31)25-13-14-27(26-25)16-21-3-8-22(29)15-21/h4-7,9-14,21-22,29H,3,8,15-18H2,1-2H3. The second kappa shape index (κ2) is 10.6. The monoisotopic (exact) mass is 485 g/mol. The fourth-order valence-electron chi connectivity index (χ4n) is 4.29. The number of sulfonamides is 1. The van der Waals surface area contributed by atoms with Gasteiger partial charge in [0.25, 0.3) is 10.0 Å². The largest absolute Gasteiger partial charge is 0.497 e. The number of rotatable bonds is 10. The Hall–Kier alpha value is -2.88. The van der Waals surface area contributed by atoms with Crippen LogP contribution in [-0.2, 0) is 29.7 Å². The molecule has 1 heterocycles. The summed E-state index contributed by atoms with van der Waals surface area (Å²) < 4.78 is 40.8. The van der Waals surface area contributed by atoms with Crippen molar-refractivity contribution < 1.29 is 23.0 Å². The molecule has 3 aromatic rings. The number of ether oxygens (including phenoxy) is 2. The average Bonchev–Trinajstić information content (AvgIpc) is 3.49. The number of nitrogens with zero attached hydrogens (tertiary/aromatic N) is 3. The van der Waals surface area contributed by atoms with Gasteiger partial charge in [0.1, 0.15) is 11.5 Å². The summed E-state index contributed by atoms with van der Waals surface area (Å²) in [6, 6.07) is 16.3. The van der Waals surface area contributed by atoms with Crippen molar-refractivity contribution in [1.29, 1.82) is 0 Å². The molecule has 0 amide bonds. The summed E-state index contributed by atoms with van der Waals surface area (Å²) in [5, 5.41) is 14.2. The molecule has 1 aliphatic rings. The van der Waals surface area contributed by atoms with Crippen LogP contribution in [0.5, 0.6) is 11.5 Å². The zero-order chi connectivity index (χ0) is 24.1. The van der Waals surface area contributed by atoms with Crippen molar-refractivity contribution in [3.05, 3.63) is 71.9 Å². The average molecular weight is 486 g/mol. The molecule has 1 saturated carbocycles. The van der Waals surface area contributed by atoms with Gasteiger partial charge < -0.3 is 14.6 Å². The molecule has 4 rings (SSSR count). The molecule has 182 valence electrons. The summed E-state index contributed by atoms with van der Waals surface area (Å²) in [6.45, 7) is 0.990. The van der Waals surface area contributed by atoms with Gasteiger partial charge in [-0.2, -0.15) is 9.40 Å². The minimum Gasteiger partial charge on any atom is -0.497 e. The van der Waals surface area contributed by atoms with Crippen LogP contribution in [0.4, 0.5) is 0 Å². The number of aromatic nitrogens is 2. The van der Waals surface area contributed by atoms with E-state index in [1.165, 1.54) is 4.31 Å². The van der Waals surface area contributed by atoms with E-state index in [2.05, 4.69) is 5.10 Å². The molecule has 1 aliphatic carbocycles. The first kappa shape index (κ1) is 24.3. The van der Waals surface area contributed by atoms with Crippen molar-refractivity contribution in [2.75, 3.05) is 14.2 Å². The molecule has 34 heavy (non-hydrogen) atoms. The van der Waals surface area contributed by atoms with Crippen LogP contribution in [0.15, 0.2) is 65.8 Å². The van der Waals surface area contributed by atoms with E-state index in [-0.39, 0.29) is 24.2 Å². The molecule has 0 bridgehead atoms. The van der Waals surface area contributed by atoms with Crippen LogP contribution >= 0.6 is 0 Å². The van der Waals surface area contributed by atoms with E-state index in [1.807, 2.05) is 48.5 Å². The lowest BCUT2D eigenvalue weighted by atomic mass is 10.1. The molecule has 9 heteroatoms. The molecule has 1 fully saturated rings. The number of hydrogen-bond donors (Lipinski definition) is 1. The predicted octanol–water partition coefficient (Wildman–Crippen LogP) is 3.45. The van der Waals surface area contributed by atoms with Crippen molar-refractivity contribution in [2.45, 2.75) is 50.0 Å². The van der Waals surface area contributed by atoms with Crippen LogP contribution in [0, 0.1) is 5.92 Å². The number of benzene rings is 2. The van der Waals surface area contributed by atoms with E-state index < -0.39 is 10.0 Å². The first-order chi connectivity index (χ1) is 16.4. The summed E-state index contributed by atoms with van der Waals surface area (Å²) in [5.41, 5.74) is 1.69. The number of aliphatic hydroxyl groups excluding tert-OH is 1. The first-order valence-electron chi connectivity index (χ1n) is 11.3. The Balaban J connectivity index is 1.57. The van der Waals surface area contributed by atoms with Gasteiger partial charge in [-0.1, -0.05) is 24.3 Å². The minimum absolute atomic E-state index is 0.0214. The van der Waals surface area contributed by atoms with Crippen molar-refractivity contribution in [1.82, 2.24) is 14.1 Å². The van der Waals surface area contributed by atoms with E-state index in [0.717, 1.165) is 30.4 Å². The van der Waals surface area contributed by atoms with E-state index in [1.54, 1.807) is 31.2 Å². The third kappa shape index (κ3) is 5.78. The van der Waals surface area contributed by atoms with Gasteiger partial charge in [0.15, 0.2) is 5.03 Å². The minimum atomic E-state index is -3.86. The zero-order valence-corrected chi connectivity index (χ0v) is 20.3. The lowest BCUT2D eigenvalue weighted by molar-refractivity contribution is 0.175. The van der Waals surface area contributed by atoms with Gasteiger partial charge in [-0.3, -0.25) is 4.68 Å². The number of aliphatic hydroxyl groups is 1. The summed E-state index contributed by atoms with van der Waals surface area (Å²) in [5.74, 6) is 1.73. The quantitative estimate of drug-likeness (QED) is 0.473. The second-order valence-electron chi connectivity index (χ2n) is 8.68. The zero-order valence-electron chi connectivity index (χ0n) is 19.5. The van der Waals surface area contributed by atoms with E-state index in [9.17, 15) is 13.5 Å². The highest BCUT2D eigenvalue weighted by Gasteiger charge is 2.29. The van der Waals surface area contributed by atoms with Crippen LogP contribution in [0.2, 0.25) is 0 Å². The molecular formula is C25H31N3O5S. The predicted molar refractivity (Wildman–Crippen MR) is 128 cm³/mol. The first-order valence-corrected chi connectivity index (χ1v) is 12.8. The number of hydrogen-bond acceptors (Lipinski definition) is 6. The Morgan fingerprint density at radius 1 is 0.941 bits per heavy atom. The third-order valence-electron chi connectivity index (χ3n) is 6.22. The topological polar surface area (TPSA) is 93.9 Å². The molecule has 0 spiro atoms. The normalized spacial score (nSPS) is 18.4. The maximum atomic E-state index is 13.7. The molecule has 8 nitrogen and oxygen atoms in total. The fourth-order valence-corrected chi connectivity index (χ4v) is 5.63. The smallest absolute Gasteiger partial charge is 0.262 e. The Labute approximate surface area is 200 Å². The molecular weight excluding hydrogens is 454 g/mol. The SMILES string of the molecule is COc1ccc(CN(Cc2ccc(OC)cc2)S(=O)(=O)c2ccn(CC3CCC(O)C3)n2)cc1. The summed E-state index contributed by atoms with van der Waals surface area (Å²) >= 11 is 0. The Kier molecular flexibility index (Phi) is 7.55. The molecule has 1 N–H and O–H groups in total. The summed E-state index contributed by atoms with van der Waals surface area (Å²) in [6.07, 6.45) is 3.87. The van der Waals surface area contributed by atoms with Gasteiger partial charge in [0, 0.05) is 25.8 Å². The van der Waals surface area contributed by atoms with Gasteiger partial charge in [-0.05, 0) is 66.6 Å². The highest BCUT2D eigenvalue weighted by atomic mass is 32.2. The van der Waals surface area contributed by atoms with Crippen LogP contribution in [0.25, 0.3) is 0 Å². The van der Waals surface area contributed by atoms with Gasteiger partial charge in [-0.15, -0.1) is 0 Å².